The van der Waals surface area contributed by atoms with Crippen molar-refractivity contribution >= 4 is 45.7 Å². The van der Waals surface area contributed by atoms with Crippen molar-refractivity contribution in [3.8, 4) is 11.3 Å². The molecule has 0 bridgehead atoms. The molecule has 0 radical (unpaired) electrons. The summed E-state index contributed by atoms with van der Waals surface area (Å²) in [6.45, 7) is 3.48. The van der Waals surface area contributed by atoms with E-state index in [4.69, 9.17) is 33.2 Å². The van der Waals surface area contributed by atoms with Crippen molar-refractivity contribution in [3.63, 3.8) is 0 Å². The maximum Gasteiger partial charge on any atom is 0.226 e. The maximum atomic E-state index is 6.27. The molecule has 0 spiro atoms. The minimum Gasteiger partial charge on any atom is -0.368 e. The van der Waals surface area contributed by atoms with E-state index in [9.17, 15) is 0 Å². The Labute approximate surface area is 185 Å². The Morgan fingerprint density at radius 3 is 2.17 bits per heavy atom. The Bertz CT molecular complexity index is 1190. The van der Waals surface area contributed by atoms with Crippen LogP contribution >= 0.6 is 23.2 Å². The van der Waals surface area contributed by atoms with Gasteiger partial charge in [0.2, 0.25) is 5.95 Å². The third-order valence-electron chi connectivity index (χ3n) is 5.43. The highest BCUT2D eigenvalue weighted by atomic mass is 35.5. The van der Waals surface area contributed by atoms with Crippen molar-refractivity contribution in [2.45, 2.75) is 0 Å². The summed E-state index contributed by atoms with van der Waals surface area (Å²) in [5, 5.41) is 2.42. The number of benzene rings is 3. The third-order valence-corrected chi connectivity index (χ3v) is 5.90. The van der Waals surface area contributed by atoms with E-state index in [1.165, 1.54) is 0 Å². The van der Waals surface area contributed by atoms with Gasteiger partial charge in [-0.3, -0.25) is 0 Å². The summed E-state index contributed by atoms with van der Waals surface area (Å²) in [6, 6.07) is 24.0. The average molecular weight is 435 g/mol. The molecule has 0 amide bonds. The van der Waals surface area contributed by atoms with E-state index in [1.807, 2.05) is 54.6 Å². The summed E-state index contributed by atoms with van der Waals surface area (Å²) in [4.78, 5) is 14.4. The molecule has 0 unspecified atom stereocenters. The van der Waals surface area contributed by atoms with Crippen molar-refractivity contribution in [3.05, 3.63) is 82.8 Å². The molecular formula is C24H20Cl2N4. The summed E-state index contributed by atoms with van der Waals surface area (Å²) in [7, 11) is 0. The molecule has 4 aromatic rings. The van der Waals surface area contributed by atoms with E-state index < -0.39 is 0 Å². The van der Waals surface area contributed by atoms with Gasteiger partial charge in [-0.25, -0.2) is 9.97 Å². The lowest BCUT2D eigenvalue weighted by Gasteiger charge is -2.36. The van der Waals surface area contributed by atoms with Crippen LogP contribution in [0.3, 0.4) is 0 Å². The van der Waals surface area contributed by atoms with Crippen molar-refractivity contribution in [1.29, 1.82) is 0 Å². The van der Waals surface area contributed by atoms with Gasteiger partial charge in [0.15, 0.2) is 0 Å². The number of hydrogen-bond donors (Lipinski definition) is 0. The zero-order valence-corrected chi connectivity index (χ0v) is 17.8. The predicted octanol–water partition coefficient (Wildman–Crippen LogP) is 5.93. The molecule has 1 aliphatic rings. The first-order valence-electron chi connectivity index (χ1n) is 9.95. The van der Waals surface area contributed by atoms with E-state index in [1.54, 1.807) is 0 Å². The Kier molecular flexibility index (Phi) is 5.19. The van der Waals surface area contributed by atoms with Crippen molar-refractivity contribution in [2.24, 2.45) is 0 Å². The van der Waals surface area contributed by atoms with Crippen LogP contribution < -0.4 is 9.80 Å². The lowest BCUT2D eigenvalue weighted by atomic mass is 10.1. The molecular weight excluding hydrogens is 415 g/mol. The Balaban J connectivity index is 1.47. The highest BCUT2D eigenvalue weighted by Gasteiger charge is 2.21. The number of rotatable bonds is 3. The van der Waals surface area contributed by atoms with Crippen LogP contribution in [-0.2, 0) is 0 Å². The number of hydrogen-bond acceptors (Lipinski definition) is 4. The second-order valence-corrected chi connectivity index (χ2v) is 8.23. The van der Waals surface area contributed by atoms with Crippen molar-refractivity contribution in [2.75, 3.05) is 36.0 Å². The minimum absolute atomic E-state index is 0.686. The van der Waals surface area contributed by atoms with Crippen LogP contribution in [-0.4, -0.2) is 36.1 Å². The zero-order valence-electron chi connectivity index (χ0n) is 16.3. The predicted molar refractivity (Wildman–Crippen MR) is 126 cm³/mol. The van der Waals surface area contributed by atoms with Crippen LogP contribution in [0.15, 0.2) is 72.8 Å². The third kappa shape index (κ3) is 3.81. The Morgan fingerprint density at radius 1 is 0.667 bits per heavy atom. The van der Waals surface area contributed by atoms with E-state index in [0.29, 0.717) is 5.02 Å². The first-order chi connectivity index (χ1) is 14.7. The normalized spacial score (nSPS) is 14.3. The van der Waals surface area contributed by atoms with Crippen LogP contribution in [0.25, 0.3) is 22.2 Å². The fraction of sp³-hybridized carbons (Fsp3) is 0.167. The van der Waals surface area contributed by atoms with Gasteiger partial charge >= 0.3 is 0 Å². The Morgan fingerprint density at radius 2 is 1.40 bits per heavy atom. The summed E-state index contributed by atoms with van der Waals surface area (Å²) in [5.41, 5.74) is 4.03. The maximum absolute atomic E-state index is 6.27. The van der Waals surface area contributed by atoms with Gasteiger partial charge in [0.05, 0.1) is 11.2 Å². The van der Waals surface area contributed by atoms with E-state index in [0.717, 1.165) is 65.0 Å². The molecule has 1 saturated heterocycles. The number of halogens is 2. The lowest BCUT2D eigenvalue weighted by Crippen LogP contribution is -2.47. The van der Waals surface area contributed by atoms with E-state index in [2.05, 4.69) is 28.0 Å². The first-order valence-corrected chi connectivity index (χ1v) is 10.7. The minimum atomic E-state index is 0.686. The van der Waals surface area contributed by atoms with Crippen LogP contribution in [0, 0.1) is 0 Å². The summed E-state index contributed by atoms with van der Waals surface area (Å²) < 4.78 is 0. The molecule has 0 atom stereocenters. The fourth-order valence-electron chi connectivity index (χ4n) is 3.88. The molecule has 4 nitrogen and oxygen atoms in total. The van der Waals surface area contributed by atoms with E-state index in [-0.39, 0.29) is 0 Å². The molecule has 30 heavy (non-hydrogen) atoms. The molecule has 0 saturated carbocycles. The van der Waals surface area contributed by atoms with Gasteiger partial charge in [0.25, 0.3) is 0 Å². The van der Waals surface area contributed by atoms with Crippen LogP contribution in [0.4, 0.5) is 11.6 Å². The van der Waals surface area contributed by atoms with Crippen LogP contribution in [0.2, 0.25) is 10.0 Å². The van der Waals surface area contributed by atoms with Crippen molar-refractivity contribution < 1.29 is 0 Å². The molecule has 1 fully saturated rings. The van der Waals surface area contributed by atoms with E-state index >= 15 is 0 Å². The van der Waals surface area contributed by atoms with Gasteiger partial charge in [-0.15, -0.1) is 0 Å². The molecule has 5 rings (SSSR count). The second-order valence-electron chi connectivity index (χ2n) is 7.35. The first kappa shape index (κ1) is 19.2. The second kappa shape index (κ2) is 8.13. The molecule has 0 aliphatic carbocycles. The van der Waals surface area contributed by atoms with Gasteiger partial charge in [-0.05, 0) is 36.4 Å². The van der Waals surface area contributed by atoms with Gasteiger partial charge in [0, 0.05) is 52.9 Å². The molecule has 1 aromatic heterocycles. The average Bonchev–Trinajstić information content (AvgIpc) is 2.79. The molecule has 2 heterocycles. The molecule has 6 heteroatoms. The standard InChI is InChI=1S/C24H20Cl2N4/c25-18-7-4-8-20(15-18)29-11-13-30(14-12-29)24-27-22-10-9-19(26)16-21(22)23(28-24)17-5-2-1-3-6-17/h1-10,15-16H,11-14H2. The summed E-state index contributed by atoms with van der Waals surface area (Å²) in [6.07, 6.45) is 0. The highest BCUT2D eigenvalue weighted by Crippen LogP contribution is 2.31. The topological polar surface area (TPSA) is 32.3 Å². The van der Waals surface area contributed by atoms with Crippen molar-refractivity contribution in [1.82, 2.24) is 9.97 Å². The largest absolute Gasteiger partial charge is 0.368 e. The number of anilines is 2. The van der Waals surface area contributed by atoms with Gasteiger partial charge in [0.1, 0.15) is 0 Å². The van der Waals surface area contributed by atoms with Crippen LogP contribution in [0.5, 0.6) is 0 Å². The molecule has 150 valence electrons. The highest BCUT2D eigenvalue weighted by molar-refractivity contribution is 6.31. The quantitative estimate of drug-likeness (QED) is 0.399. The summed E-state index contributed by atoms with van der Waals surface area (Å²) >= 11 is 12.4. The molecule has 0 N–H and O–H groups in total. The fourth-order valence-corrected chi connectivity index (χ4v) is 4.24. The van der Waals surface area contributed by atoms with Gasteiger partial charge in [-0.1, -0.05) is 59.6 Å². The molecule has 3 aromatic carbocycles. The monoisotopic (exact) mass is 434 g/mol. The number of nitrogens with zero attached hydrogens (tertiary/aromatic N) is 4. The SMILES string of the molecule is Clc1cccc(N2CCN(c3nc(-c4ccccc4)c4cc(Cl)ccc4n3)CC2)c1. The number of aromatic nitrogens is 2. The van der Waals surface area contributed by atoms with Gasteiger partial charge in [-0.2, -0.15) is 0 Å². The summed E-state index contributed by atoms with van der Waals surface area (Å²) in [5.74, 6) is 0.759. The molecule has 1 aliphatic heterocycles. The number of fused-ring (bicyclic) bond motifs is 1. The van der Waals surface area contributed by atoms with Gasteiger partial charge < -0.3 is 9.80 Å². The number of piperazine rings is 1. The van der Waals surface area contributed by atoms with Crippen LogP contribution in [0.1, 0.15) is 0 Å². The Hall–Kier alpha value is -2.82. The smallest absolute Gasteiger partial charge is 0.226 e. The zero-order chi connectivity index (χ0) is 20.5. The lowest BCUT2D eigenvalue weighted by molar-refractivity contribution is 0.641.